The summed E-state index contributed by atoms with van der Waals surface area (Å²) in [5.41, 5.74) is -0.296. The van der Waals surface area contributed by atoms with Gasteiger partial charge in [0.2, 0.25) is 5.91 Å². The van der Waals surface area contributed by atoms with Gasteiger partial charge >= 0.3 is 5.97 Å². The first-order valence-corrected chi connectivity index (χ1v) is 6.44. The molecular weight excluding hydrogens is 232 g/mol. The van der Waals surface area contributed by atoms with Crippen LogP contribution in [0.2, 0.25) is 0 Å². The van der Waals surface area contributed by atoms with E-state index < -0.39 is 18.1 Å². The average Bonchev–Trinajstić information content (AvgIpc) is 2.56. The van der Waals surface area contributed by atoms with Crippen LogP contribution < -0.4 is 5.32 Å². The molecule has 0 radical (unpaired) electrons. The fraction of sp³-hybridized carbons (Fsp3) is 0.846. The van der Waals surface area contributed by atoms with Gasteiger partial charge in [0.25, 0.3) is 0 Å². The molecule has 0 bridgehead atoms. The predicted octanol–water partition coefficient (Wildman–Crippen LogP) is 1.08. The molecule has 0 aromatic rings. The zero-order valence-electron chi connectivity index (χ0n) is 11.9. The molecule has 1 aliphatic heterocycles. The number of carboxylic acids is 1. The van der Waals surface area contributed by atoms with Gasteiger partial charge in [-0.15, -0.1) is 0 Å². The van der Waals surface area contributed by atoms with Crippen LogP contribution in [0.5, 0.6) is 0 Å². The normalized spacial score (nSPS) is 26.9. The van der Waals surface area contributed by atoms with Crippen LogP contribution in [0, 0.1) is 5.92 Å². The maximum atomic E-state index is 12.1. The molecule has 1 aliphatic rings. The lowest BCUT2D eigenvalue weighted by atomic mass is 10.0. The number of aliphatic carboxylic acids is 1. The van der Waals surface area contributed by atoms with E-state index in [-0.39, 0.29) is 17.4 Å². The first kappa shape index (κ1) is 15.0. The van der Waals surface area contributed by atoms with Gasteiger partial charge in [0.1, 0.15) is 6.04 Å². The third kappa shape index (κ3) is 3.45. The third-order valence-electron chi connectivity index (χ3n) is 3.37. The quantitative estimate of drug-likeness (QED) is 0.793. The molecule has 18 heavy (non-hydrogen) atoms. The van der Waals surface area contributed by atoms with Crippen LogP contribution in [-0.2, 0) is 9.59 Å². The monoisotopic (exact) mass is 256 g/mol. The van der Waals surface area contributed by atoms with Crippen molar-refractivity contribution in [1.82, 2.24) is 10.2 Å². The van der Waals surface area contributed by atoms with Crippen LogP contribution in [-0.4, -0.2) is 46.1 Å². The molecule has 3 unspecified atom stereocenters. The van der Waals surface area contributed by atoms with E-state index in [4.69, 9.17) is 0 Å². The Hall–Kier alpha value is -1.10. The van der Waals surface area contributed by atoms with Crippen molar-refractivity contribution in [3.05, 3.63) is 0 Å². The Labute approximate surface area is 109 Å². The van der Waals surface area contributed by atoms with Crippen LogP contribution in [0.4, 0.5) is 0 Å². The molecule has 2 N–H and O–H groups in total. The average molecular weight is 256 g/mol. The van der Waals surface area contributed by atoms with Crippen LogP contribution in [0.1, 0.15) is 41.0 Å². The Morgan fingerprint density at radius 1 is 1.39 bits per heavy atom. The predicted molar refractivity (Wildman–Crippen MR) is 69.3 cm³/mol. The summed E-state index contributed by atoms with van der Waals surface area (Å²) in [4.78, 5) is 25.1. The van der Waals surface area contributed by atoms with Gasteiger partial charge in [0.15, 0.2) is 0 Å². The molecule has 1 rings (SSSR count). The highest BCUT2D eigenvalue weighted by Crippen LogP contribution is 2.26. The second kappa shape index (κ2) is 5.26. The summed E-state index contributed by atoms with van der Waals surface area (Å²) in [5, 5.41) is 12.1. The number of likely N-dealkylation sites (tertiary alicyclic amines) is 1. The summed E-state index contributed by atoms with van der Waals surface area (Å²) < 4.78 is 0. The molecule has 0 aromatic heterocycles. The molecule has 1 saturated heterocycles. The van der Waals surface area contributed by atoms with Gasteiger partial charge in [-0.3, -0.25) is 14.5 Å². The highest BCUT2D eigenvalue weighted by Gasteiger charge is 2.41. The number of hydrogen-bond donors (Lipinski definition) is 2. The van der Waals surface area contributed by atoms with Crippen LogP contribution in [0.25, 0.3) is 0 Å². The Morgan fingerprint density at radius 3 is 2.39 bits per heavy atom. The standard InChI is InChI=1S/C13H24N2O3/c1-8-6-7-15(10(8)12(17)18)9(2)11(16)14-13(3,4)5/h8-10H,6-7H2,1-5H3,(H,14,16)(H,17,18). The fourth-order valence-electron chi connectivity index (χ4n) is 2.42. The van der Waals surface area contributed by atoms with E-state index in [0.717, 1.165) is 6.42 Å². The zero-order valence-corrected chi connectivity index (χ0v) is 11.9. The number of nitrogens with one attached hydrogen (secondary N) is 1. The summed E-state index contributed by atoms with van der Waals surface area (Å²) in [6.45, 7) is 10.1. The largest absolute Gasteiger partial charge is 0.480 e. The van der Waals surface area contributed by atoms with Gasteiger partial charge in [-0.2, -0.15) is 0 Å². The zero-order chi connectivity index (χ0) is 14.1. The first-order valence-electron chi connectivity index (χ1n) is 6.44. The van der Waals surface area contributed by atoms with Crippen molar-refractivity contribution in [1.29, 1.82) is 0 Å². The second-order valence-corrected chi connectivity index (χ2v) is 6.20. The highest BCUT2D eigenvalue weighted by molar-refractivity contribution is 5.83. The van der Waals surface area contributed by atoms with E-state index >= 15 is 0 Å². The third-order valence-corrected chi connectivity index (χ3v) is 3.37. The van der Waals surface area contributed by atoms with Gasteiger partial charge < -0.3 is 10.4 Å². The number of nitrogens with zero attached hydrogens (tertiary/aromatic N) is 1. The molecule has 104 valence electrons. The number of carbonyl (C=O) groups excluding carboxylic acids is 1. The SMILES string of the molecule is CC1CCN(C(C)C(=O)NC(C)(C)C)C1C(=O)O. The van der Waals surface area contributed by atoms with E-state index in [1.807, 2.05) is 27.7 Å². The highest BCUT2D eigenvalue weighted by atomic mass is 16.4. The van der Waals surface area contributed by atoms with Crippen LogP contribution >= 0.6 is 0 Å². The maximum absolute atomic E-state index is 12.1. The van der Waals surface area contributed by atoms with Crippen molar-refractivity contribution in [2.45, 2.75) is 58.7 Å². The van der Waals surface area contributed by atoms with Crippen molar-refractivity contribution in [2.75, 3.05) is 6.54 Å². The first-order chi connectivity index (χ1) is 8.13. The minimum Gasteiger partial charge on any atom is -0.480 e. The molecule has 3 atom stereocenters. The summed E-state index contributed by atoms with van der Waals surface area (Å²) >= 11 is 0. The van der Waals surface area contributed by atoms with Crippen LogP contribution in [0.3, 0.4) is 0 Å². The molecule has 5 nitrogen and oxygen atoms in total. The molecule has 5 heteroatoms. The van der Waals surface area contributed by atoms with Gasteiger partial charge in [0.05, 0.1) is 6.04 Å². The maximum Gasteiger partial charge on any atom is 0.321 e. The Bertz CT molecular complexity index is 336. The number of rotatable bonds is 3. The van der Waals surface area contributed by atoms with Gasteiger partial charge in [-0.25, -0.2) is 0 Å². The van der Waals surface area contributed by atoms with E-state index in [1.165, 1.54) is 0 Å². The molecule has 1 amide bonds. The number of carboxylic acid groups (broad SMARTS) is 1. The molecule has 0 spiro atoms. The van der Waals surface area contributed by atoms with E-state index in [9.17, 15) is 14.7 Å². The van der Waals surface area contributed by atoms with Crippen molar-refractivity contribution >= 4 is 11.9 Å². The molecule has 1 fully saturated rings. The van der Waals surface area contributed by atoms with Crippen molar-refractivity contribution < 1.29 is 14.7 Å². The summed E-state index contributed by atoms with van der Waals surface area (Å²) in [6, 6.07) is -0.957. The lowest BCUT2D eigenvalue weighted by Gasteiger charge is -2.31. The molecule has 0 aliphatic carbocycles. The Balaban J connectivity index is 2.74. The van der Waals surface area contributed by atoms with Crippen molar-refractivity contribution in [3.63, 3.8) is 0 Å². The Kier molecular flexibility index (Phi) is 4.37. The van der Waals surface area contributed by atoms with Gasteiger partial charge in [0, 0.05) is 12.1 Å². The Morgan fingerprint density at radius 2 is 1.94 bits per heavy atom. The molecule has 0 saturated carbocycles. The van der Waals surface area contributed by atoms with Crippen LogP contribution in [0.15, 0.2) is 0 Å². The van der Waals surface area contributed by atoms with Crippen molar-refractivity contribution in [2.24, 2.45) is 5.92 Å². The van der Waals surface area contributed by atoms with E-state index in [2.05, 4.69) is 5.32 Å². The smallest absolute Gasteiger partial charge is 0.321 e. The summed E-state index contributed by atoms with van der Waals surface area (Å²) in [7, 11) is 0. The molecule has 1 heterocycles. The van der Waals surface area contributed by atoms with E-state index in [0.29, 0.717) is 6.54 Å². The number of hydrogen-bond acceptors (Lipinski definition) is 3. The minimum atomic E-state index is -0.838. The fourth-order valence-corrected chi connectivity index (χ4v) is 2.42. The molecular formula is C13H24N2O3. The summed E-state index contributed by atoms with van der Waals surface area (Å²) in [5.74, 6) is -0.856. The minimum absolute atomic E-state index is 0.0902. The van der Waals surface area contributed by atoms with E-state index in [1.54, 1.807) is 11.8 Å². The van der Waals surface area contributed by atoms with Gasteiger partial charge in [-0.1, -0.05) is 6.92 Å². The second-order valence-electron chi connectivity index (χ2n) is 6.20. The summed E-state index contributed by atoms with van der Waals surface area (Å²) in [6.07, 6.45) is 0.824. The lowest BCUT2D eigenvalue weighted by molar-refractivity contribution is -0.145. The van der Waals surface area contributed by atoms with Gasteiger partial charge in [-0.05, 0) is 40.0 Å². The number of carbonyl (C=O) groups is 2. The topological polar surface area (TPSA) is 69.6 Å². The lowest BCUT2D eigenvalue weighted by Crippen LogP contribution is -2.54. The molecule has 0 aromatic carbocycles. The van der Waals surface area contributed by atoms with Crippen molar-refractivity contribution in [3.8, 4) is 0 Å². The number of amides is 1.